The second kappa shape index (κ2) is 8.69. The summed E-state index contributed by atoms with van der Waals surface area (Å²) in [5.41, 5.74) is 0.108. The molecule has 1 aliphatic heterocycles. The first kappa shape index (κ1) is 20.9. The van der Waals surface area contributed by atoms with Crippen LogP contribution in [0, 0.1) is 0 Å². The van der Waals surface area contributed by atoms with Gasteiger partial charge in [-0.3, -0.25) is 9.59 Å². The number of amides is 2. The number of likely N-dealkylation sites (tertiary alicyclic amines) is 1. The molecule has 2 N–H and O–H groups in total. The molecule has 1 unspecified atom stereocenters. The number of carbonyl (C=O) groups excluding carboxylic acids is 2. The molecule has 0 spiro atoms. The number of benzene rings is 2. The molecule has 0 aliphatic carbocycles. The van der Waals surface area contributed by atoms with Crippen LogP contribution in [0.4, 0.5) is 13.2 Å². The van der Waals surface area contributed by atoms with Gasteiger partial charge in [0, 0.05) is 18.5 Å². The van der Waals surface area contributed by atoms with Gasteiger partial charge in [-0.15, -0.1) is 0 Å². The molecule has 0 saturated carbocycles. The van der Waals surface area contributed by atoms with Gasteiger partial charge in [0.15, 0.2) is 0 Å². The molecule has 0 aromatic heterocycles. The number of hydrogen-bond donors (Lipinski definition) is 2. The van der Waals surface area contributed by atoms with Crippen molar-refractivity contribution in [2.24, 2.45) is 0 Å². The molecule has 29 heavy (non-hydrogen) atoms. The number of nitrogens with zero attached hydrogens (tertiary/aromatic N) is 1. The highest BCUT2D eigenvalue weighted by Crippen LogP contribution is 2.31. The summed E-state index contributed by atoms with van der Waals surface area (Å²) in [7, 11) is 0. The van der Waals surface area contributed by atoms with E-state index in [2.05, 4.69) is 10.1 Å². The molecule has 156 valence electrons. The molecule has 2 aromatic carbocycles. The summed E-state index contributed by atoms with van der Waals surface area (Å²) in [6.45, 7) is -1.39. The third-order valence-electron chi connectivity index (χ3n) is 4.76. The van der Waals surface area contributed by atoms with E-state index >= 15 is 0 Å². The number of aromatic hydroxyl groups is 1. The van der Waals surface area contributed by atoms with Crippen molar-refractivity contribution in [2.45, 2.75) is 25.1 Å². The lowest BCUT2D eigenvalue weighted by molar-refractivity contribution is -0.173. The molecule has 3 rings (SSSR count). The number of hydrogen-bond acceptors (Lipinski definition) is 4. The predicted molar refractivity (Wildman–Crippen MR) is 99.6 cm³/mol. The normalized spacial score (nSPS) is 16.9. The summed E-state index contributed by atoms with van der Waals surface area (Å²) in [6, 6.07) is 9.61. The summed E-state index contributed by atoms with van der Waals surface area (Å²) in [6.07, 6.45) is -3.36. The average molecular weight is 410 g/mol. The zero-order chi connectivity index (χ0) is 21.0. The number of phenolic OH excluding ortho intramolecular Hbond substituents is 1. The van der Waals surface area contributed by atoms with Gasteiger partial charge in [-0.05, 0) is 24.3 Å². The molecule has 9 heteroatoms. The summed E-state index contributed by atoms with van der Waals surface area (Å²) < 4.78 is 40.6. The summed E-state index contributed by atoms with van der Waals surface area (Å²) >= 11 is 0. The second-order valence-electron chi connectivity index (χ2n) is 6.80. The van der Waals surface area contributed by atoms with Gasteiger partial charge in [0.05, 0.1) is 12.2 Å². The van der Waals surface area contributed by atoms with Crippen molar-refractivity contribution in [3.05, 3.63) is 42.0 Å². The fourth-order valence-corrected chi connectivity index (χ4v) is 3.42. The van der Waals surface area contributed by atoms with Crippen molar-refractivity contribution in [1.82, 2.24) is 10.2 Å². The topological polar surface area (TPSA) is 78.9 Å². The fourth-order valence-electron chi connectivity index (χ4n) is 3.42. The largest absolute Gasteiger partial charge is 0.506 e. The van der Waals surface area contributed by atoms with Gasteiger partial charge in [-0.1, -0.05) is 30.3 Å². The van der Waals surface area contributed by atoms with Gasteiger partial charge in [-0.2, -0.15) is 13.2 Å². The monoisotopic (exact) mass is 410 g/mol. The van der Waals surface area contributed by atoms with E-state index in [-0.39, 0.29) is 24.5 Å². The Morgan fingerprint density at radius 1 is 1.21 bits per heavy atom. The Hall–Kier alpha value is -2.81. The van der Waals surface area contributed by atoms with E-state index < -0.39 is 30.6 Å². The first-order valence-corrected chi connectivity index (χ1v) is 9.22. The molecule has 1 heterocycles. The molecule has 2 amide bonds. The molecule has 6 nitrogen and oxygen atoms in total. The van der Waals surface area contributed by atoms with Crippen LogP contribution in [-0.4, -0.2) is 60.3 Å². The minimum Gasteiger partial charge on any atom is -0.506 e. The van der Waals surface area contributed by atoms with Crippen LogP contribution in [0.2, 0.25) is 0 Å². The maximum Gasteiger partial charge on any atom is 0.411 e. The van der Waals surface area contributed by atoms with E-state index in [4.69, 9.17) is 0 Å². The van der Waals surface area contributed by atoms with Crippen molar-refractivity contribution >= 4 is 22.6 Å². The van der Waals surface area contributed by atoms with E-state index in [1.165, 1.54) is 11.0 Å². The van der Waals surface area contributed by atoms with Gasteiger partial charge >= 0.3 is 6.18 Å². The standard InChI is InChI=1S/C20H21F3N2O4/c21-20(22,23)12-29-11-9-24-18(27)16-6-3-10-25(16)19(28)15-8-7-13-4-1-2-5-14(13)17(15)26/h1-2,4-5,7-8,16,26H,3,6,9-12H2,(H,24,27). The van der Waals surface area contributed by atoms with Crippen LogP contribution in [0.1, 0.15) is 23.2 Å². The number of rotatable bonds is 6. The van der Waals surface area contributed by atoms with Crippen LogP contribution in [0.15, 0.2) is 36.4 Å². The van der Waals surface area contributed by atoms with Crippen molar-refractivity contribution in [3.8, 4) is 5.75 Å². The molecule has 1 saturated heterocycles. The molecular weight excluding hydrogens is 389 g/mol. The zero-order valence-electron chi connectivity index (χ0n) is 15.5. The number of alkyl halides is 3. The Morgan fingerprint density at radius 2 is 1.97 bits per heavy atom. The third-order valence-corrected chi connectivity index (χ3v) is 4.76. The Labute approximate surface area is 165 Å². The van der Waals surface area contributed by atoms with Crippen LogP contribution < -0.4 is 5.32 Å². The number of carbonyl (C=O) groups is 2. The van der Waals surface area contributed by atoms with Crippen LogP contribution in [0.5, 0.6) is 5.75 Å². The molecular formula is C20H21F3N2O4. The maximum absolute atomic E-state index is 12.9. The highest BCUT2D eigenvalue weighted by Gasteiger charge is 2.35. The van der Waals surface area contributed by atoms with Crippen LogP contribution in [0.25, 0.3) is 10.8 Å². The predicted octanol–water partition coefficient (Wildman–Crippen LogP) is 2.85. The lowest BCUT2D eigenvalue weighted by Gasteiger charge is -2.24. The number of halogens is 3. The lowest BCUT2D eigenvalue weighted by atomic mass is 10.0. The first-order valence-electron chi connectivity index (χ1n) is 9.22. The number of phenols is 1. The van der Waals surface area contributed by atoms with Gasteiger partial charge in [0.1, 0.15) is 18.4 Å². The SMILES string of the molecule is O=C(NCCOCC(F)(F)F)C1CCCN1C(=O)c1ccc2ccccc2c1O. The zero-order valence-corrected chi connectivity index (χ0v) is 15.5. The summed E-state index contributed by atoms with van der Waals surface area (Å²) in [4.78, 5) is 26.7. The Balaban J connectivity index is 1.63. The van der Waals surface area contributed by atoms with Crippen molar-refractivity contribution in [1.29, 1.82) is 0 Å². The van der Waals surface area contributed by atoms with Gasteiger partial charge in [-0.25, -0.2) is 0 Å². The average Bonchev–Trinajstić information content (AvgIpc) is 3.17. The lowest BCUT2D eigenvalue weighted by Crippen LogP contribution is -2.46. The van der Waals surface area contributed by atoms with E-state index in [0.717, 1.165) is 5.39 Å². The Morgan fingerprint density at radius 3 is 2.72 bits per heavy atom. The molecule has 1 atom stereocenters. The number of ether oxygens (including phenoxy) is 1. The van der Waals surface area contributed by atoms with Crippen molar-refractivity contribution in [3.63, 3.8) is 0 Å². The Bertz CT molecular complexity index is 901. The second-order valence-corrected chi connectivity index (χ2v) is 6.80. The Kier molecular flexibility index (Phi) is 6.26. The maximum atomic E-state index is 12.9. The van der Waals surface area contributed by atoms with Crippen LogP contribution >= 0.6 is 0 Å². The number of fused-ring (bicyclic) bond motifs is 1. The highest BCUT2D eigenvalue weighted by molar-refractivity contribution is 6.05. The summed E-state index contributed by atoms with van der Waals surface area (Å²) in [5, 5.41) is 14.3. The van der Waals surface area contributed by atoms with Crippen LogP contribution in [0.3, 0.4) is 0 Å². The fraction of sp³-hybridized carbons (Fsp3) is 0.400. The van der Waals surface area contributed by atoms with Gasteiger partial charge < -0.3 is 20.1 Å². The van der Waals surface area contributed by atoms with E-state index in [0.29, 0.717) is 24.8 Å². The molecule has 0 bridgehead atoms. The van der Waals surface area contributed by atoms with Gasteiger partial charge in [0.2, 0.25) is 5.91 Å². The van der Waals surface area contributed by atoms with E-state index in [1.807, 2.05) is 12.1 Å². The minimum atomic E-state index is -4.42. The van der Waals surface area contributed by atoms with Gasteiger partial charge in [0.25, 0.3) is 5.91 Å². The highest BCUT2D eigenvalue weighted by atomic mass is 19.4. The molecule has 0 radical (unpaired) electrons. The quantitative estimate of drug-likeness (QED) is 0.718. The van der Waals surface area contributed by atoms with E-state index in [1.54, 1.807) is 18.2 Å². The van der Waals surface area contributed by atoms with Crippen molar-refractivity contribution in [2.75, 3.05) is 26.3 Å². The van der Waals surface area contributed by atoms with E-state index in [9.17, 15) is 27.9 Å². The van der Waals surface area contributed by atoms with Crippen molar-refractivity contribution < 1.29 is 32.6 Å². The molecule has 1 aliphatic rings. The smallest absolute Gasteiger partial charge is 0.411 e. The summed E-state index contributed by atoms with van der Waals surface area (Å²) in [5.74, 6) is -1.05. The third kappa shape index (κ3) is 4.97. The minimum absolute atomic E-state index is 0.0886. The number of nitrogens with one attached hydrogen (secondary N) is 1. The van der Waals surface area contributed by atoms with Crippen LogP contribution in [-0.2, 0) is 9.53 Å². The molecule has 1 fully saturated rings. The first-order chi connectivity index (χ1) is 13.8. The molecule has 2 aromatic rings.